The highest BCUT2D eigenvalue weighted by atomic mass is 16.5. The molecule has 100 valence electrons. The molecule has 0 saturated carbocycles. The van der Waals surface area contributed by atoms with Gasteiger partial charge in [-0.3, -0.25) is 4.79 Å². The summed E-state index contributed by atoms with van der Waals surface area (Å²) < 4.78 is 10.4. The zero-order valence-electron chi connectivity index (χ0n) is 11.3. The summed E-state index contributed by atoms with van der Waals surface area (Å²) in [4.78, 5) is 13.7. The molecule has 1 unspecified atom stereocenters. The third-order valence-corrected chi connectivity index (χ3v) is 3.02. The van der Waals surface area contributed by atoms with E-state index in [4.69, 9.17) is 9.47 Å². The van der Waals surface area contributed by atoms with E-state index in [0.29, 0.717) is 6.54 Å². The fourth-order valence-electron chi connectivity index (χ4n) is 1.88. The average molecular weight is 244 g/mol. The first kappa shape index (κ1) is 14.4. The molecule has 1 heterocycles. The maximum absolute atomic E-state index is 11.5. The number of carbonyl (C=O) groups excluding carboxylic acids is 1. The molecular weight excluding hydrogens is 220 g/mol. The number of nitrogens with one attached hydrogen (secondary N) is 1. The number of morpholine rings is 1. The lowest BCUT2D eigenvalue weighted by molar-refractivity contribution is -0.150. The largest absolute Gasteiger partial charge is 0.469 e. The number of rotatable bonds is 5. The predicted octanol–water partition coefficient (Wildman–Crippen LogP) is 0.106. The molecule has 0 aromatic carbocycles. The Morgan fingerprint density at radius 3 is 2.88 bits per heavy atom. The Morgan fingerprint density at radius 1 is 1.59 bits per heavy atom. The second kappa shape index (κ2) is 6.33. The molecule has 5 nitrogen and oxygen atoms in total. The van der Waals surface area contributed by atoms with E-state index in [0.717, 1.165) is 26.2 Å². The van der Waals surface area contributed by atoms with E-state index >= 15 is 0 Å². The number of esters is 1. The van der Waals surface area contributed by atoms with Crippen molar-refractivity contribution in [2.75, 3.05) is 46.9 Å². The number of hydrogen-bond donors (Lipinski definition) is 1. The molecule has 0 amide bonds. The Balaban J connectivity index is 2.25. The molecule has 0 bridgehead atoms. The smallest absolute Gasteiger partial charge is 0.312 e. The molecule has 5 heteroatoms. The van der Waals surface area contributed by atoms with Crippen molar-refractivity contribution in [1.29, 1.82) is 0 Å². The van der Waals surface area contributed by atoms with Crippen molar-refractivity contribution >= 4 is 5.97 Å². The van der Waals surface area contributed by atoms with Crippen LogP contribution in [-0.4, -0.2) is 63.9 Å². The third kappa shape index (κ3) is 4.61. The van der Waals surface area contributed by atoms with Gasteiger partial charge in [0.25, 0.3) is 0 Å². The van der Waals surface area contributed by atoms with E-state index in [1.807, 2.05) is 13.8 Å². The third-order valence-electron chi connectivity index (χ3n) is 3.02. The van der Waals surface area contributed by atoms with Crippen molar-refractivity contribution in [3.05, 3.63) is 0 Å². The second-order valence-corrected chi connectivity index (χ2v) is 5.26. The van der Waals surface area contributed by atoms with Crippen LogP contribution in [0.25, 0.3) is 0 Å². The van der Waals surface area contributed by atoms with Crippen molar-refractivity contribution in [1.82, 2.24) is 10.2 Å². The number of carbonyl (C=O) groups is 1. The Labute approximate surface area is 103 Å². The molecule has 0 aliphatic carbocycles. The summed E-state index contributed by atoms with van der Waals surface area (Å²) in [5.74, 6) is -0.188. The first-order chi connectivity index (χ1) is 7.95. The molecule has 1 aliphatic heterocycles. The van der Waals surface area contributed by atoms with Gasteiger partial charge in [-0.25, -0.2) is 0 Å². The zero-order valence-corrected chi connectivity index (χ0v) is 11.3. The average Bonchev–Trinajstić information content (AvgIpc) is 2.27. The van der Waals surface area contributed by atoms with Crippen LogP contribution < -0.4 is 5.32 Å². The van der Waals surface area contributed by atoms with E-state index in [-0.39, 0.29) is 12.1 Å². The first-order valence-corrected chi connectivity index (χ1v) is 6.05. The highest BCUT2D eigenvalue weighted by Gasteiger charge is 2.28. The van der Waals surface area contributed by atoms with Gasteiger partial charge in [0.2, 0.25) is 0 Å². The molecule has 1 atom stereocenters. The molecule has 1 rings (SSSR count). The first-order valence-electron chi connectivity index (χ1n) is 6.05. The van der Waals surface area contributed by atoms with Gasteiger partial charge in [0.1, 0.15) is 0 Å². The Kier molecular flexibility index (Phi) is 5.36. The fourth-order valence-corrected chi connectivity index (χ4v) is 1.88. The molecule has 17 heavy (non-hydrogen) atoms. The second-order valence-electron chi connectivity index (χ2n) is 5.26. The number of nitrogens with zero attached hydrogens (tertiary/aromatic N) is 1. The molecule has 1 fully saturated rings. The molecular formula is C12H24N2O3. The van der Waals surface area contributed by atoms with Crippen LogP contribution in [0, 0.1) is 5.41 Å². The van der Waals surface area contributed by atoms with E-state index in [9.17, 15) is 4.79 Å². The van der Waals surface area contributed by atoms with Gasteiger partial charge in [0.15, 0.2) is 0 Å². The summed E-state index contributed by atoms with van der Waals surface area (Å²) in [6, 6.07) is 0. The lowest BCUT2D eigenvalue weighted by Gasteiger charge is -2.31. The van der Waals surface area contributed by atoms with Crippen LogP contribution in [0.1, 0.15) is 13.8 Å². The van der Waals surface area contributed by atoms with Gasteiger partial charge >= 0.3 is 5.97 Å². The molecule has 0 aromatic heterocycles. The highest BCUT2D eigenvalue weighted by Crippen LogP contribution is 2.15. The molecule has 0 radical (unpaired) electrons. The predicted molar refractivity (Wildman–Crippen MR) is 65.9 cm³/mol. The minimum absolute atomic E-state index is 0.188. The molecule has 0 spiro atoms. The Hall–Kier alpha value is -0.650. The molecule has 0 aromatic rings. The van der Waals surface area contributed by atoms with Crippen molar-refractivity contribution in [2.24, 2.45) is 5.41 Å². The standard InChI is InChI=1S/C12H24N2O3/c1-12(2,11(15)16-4)9-13-7-10-8-14(3)5-6-17-10/h10,13H,5-9H2,1-4H3. The van der Waals surface area contributed by atoms with Gasteiger partial charge in [-0.1, -0.05) is 0 Å². The van der Waals surface area contributed by atoms with Crippen molar-refractivity contribution < 1.29 is 14.3 Å². The van der Waals surface area contributed by atoms with Crippen LogP contribution in [0.3, 0.4) is 0 Å². The van der Waals surface area contributed by atoms with Crippen molar-refractivity contribution in [2.45, 2.75) is 20.0 Å². The lowest BCUT2D eigenvalue weighted by Crippen LogP contribution is -2.47. The SMILES string of the molecule is COC(=O)C(C)(C)CNCC1CN(C)CCO1. The van der Waals surface area contributed by atoms with Gasteiger partial charge in [-0.05, 0) is 20.9 Å². The van der Waals surface area contributed by atoms with Gasteiger partial charge in [-0.15, -0.1) is 0 Å². The number of likely N-dealkylation sites (N-methyl/N-ethyl adjacent to an activating group) is 1. The van der Waals surface area contributed by atoms with Crippen LogP contribution in [0.15, 0.2) is 0 Å². The van der Waals surface area contributed by atoms with Gasteiger partial charge in [0.05, 0.1) is 25.2 Å². The zero-order chi connectivity index (χ0) is 12.9. The minimum atomic E-state index is -0.491. The fraction of sp³-hybridized carbons (Fsp3) is 0.917. The minimum Gasteiger partial charge on any atom is -0.469 e. The summed E-state index contributed by atoms with van der Waals surface area (Å²) in [6.07, 6.45) is 0.210. The van der Waals surface area contributed by atoms with E-state index in [2.05, 4.69) is 17.3 Å². The molecule has 1 saturated heterocycles. The maximum atomic E-state index is 11.5. The Morgan fingerprint density at radius 2 is 2.29 bits per heavy atom. The van der Waals surface area contributed by atoms with E-state index < -0.39 is 5.41 Å². The Bertz CT molecular complexity index is 256. The highest BCUT2D eigenvalue weighted by molar-refractivity contribution is 5.76. The van der Waals surface area contributed by atoms with Gasteiger partial charge in [-0.2, -0.15) is 0 Å². The van der Waals surface area contributed by atoms with Gasteiger partial charge in [0, 0.05) is 26.2 Å². The van der Waals surface area contributed by atoms with Crippen molar-refractivity contribution in [3.63, 3.8) is 0 Å². The number of methoxy groups -OCH3 is 1. The number of ether oxygens (including phenoxy) is 2. The maximum Gasteiger partial charge on any atom is 0.312 e. The lowest BCUT2D eigenvalue weighted by atomic mass is 9.94. The summed E-state index contributed by atoms with van der Waals surface area (Å²) >= 11 is 0. The summed E-state index contributed by atoms with van der Waals surface area (Å²) in [5, 5.41) is 3.28. The molecule has 1 N–H and O–H groups in total. The number of hydrogen-bond acceptors (Lipinski definition) is 5. The van der Waals surface area contributed by atoms with Gasteiger partial charge < -0.3 is 19.7 Å². The van der Waals surface area contributed by atoms with Crippen LogP contribution in [0.4, 0.5) is 0 Å². The summed E-state index contributed by atoms with van der Waals surface area (Å²) in [6.45, 7) is 7.83. The van der Waals surface area contributed by atoms with Crippen LogP contribution in [0.2, 0.25) is 0 Å². The van der Waals surface area contributed by atoms with Crippen LogP contribution in [0.5, 0.6) is 0 Å². The molecule has 1 aliphatic rings. The van der Waals surface area contributed by atoms with Crippen molar-refractivity contribution in [3.8, 4) is 0 Å². The normalized spacial score (nSPS) is 22.5. The summed E-state index contributed by atoms with van der Waals surface area (Å²) in [5.41, 5.74) is -0.491. The van der Waals surface area contributed by atoms with E-state index in [1.54, 1.807) is 0 Å². The van der Waals surface area contributed by atoms with Crippen LogP contribution >= 0.6 is 0 Å². The quantitative estimate of drug-likeness (QED) is 0.695. The monoisotopic (exact) mass is 244 g/mol. The topological polar surface area (TPSA) is 50.8 Å². The van der Waals surface area contributed by atoms with Crippen LogP contribution in [-0.2, 0) is 14.3 Å². The van der Waals surface area contributed by atoms with E-state index in [1.165, 1.54) is 7.11 Å². The summed E-state index contributed by atoms with van der Waals surface area (Å²) in [7, 11) is 3.51.